The van der Waals surface area contributed by atoms with Crippen molar-refractivity contribution in [3.8, 4) is 5.69 Å². The fourth-order valence-electron chi connectivity index (χ4n) is 4.67. The minimum absolute atomic E-state index is 0.0219. The summed E-state index contributed by atoms with van der Waals surface area (Å²) in [6.07, 6.45) is 1.86. The van der Waals surface area contributed by atoms with Crippen LogP contribution in [-0.4, -0.2) is 25.6 Å². The highest BCUT2D eigenvalue weighted by Crippen LogP contribution is 2.42. The molecule has 30 heavy (non-hydrogen) atoms. The number of aryl methyl sites for hydroxylation is 3. The van der Waals surface area contributed by atoms with Crippen LogP contribution in [0.2, 0.25) is 0 Å². The maximum absolute atomic E-state index is 5.77. The summed E-state index contributed by atoms with van der Waals surface area (Å²) in [7, 11) is 0. The monoisotopic (exact) mass is 418 g/mol. The highest BCUT2D eigenvalue weighted by atomic mass is 32.1. The zero-order valence-corrected chi connectivity index (χ0v) is 19.4. The lowest BCUT2D eigenvalue weighted by atomic mass is 9.96. The molecule has 0 amide bonds. The molecule has 1 saturated heterocycles. The van der Waals surface area contributed by atoms with E-state index >= 15 is 0 Å². The van der Waals surface area contributed by atoms with Gasteiger partial charge in [0.1, 0.15) is 0 Å². The smallest absolute Gasteiger partial charge is 0.170 e. The predicted octanol–water partition coefficient (Wildman–Crippen LogP) is 5.49. The number of pyridine rings is 1. The Labute approximate surface area is 184 Å². The second-order valence-electron chi connectivity index (χ2n) is 8.58. The third-order valence-electron chi connectivity index (χ3n) is 6.09. The minimum atomic E-state index is 0.0219. The van der Waals surface area contributed by atoms with Crippen LogP contribution in [0, 0.1) is 27.7 Å². The molecule has 3 aromatic rings. The van der Waals surface area contributed by atoms with Gasteiger partial charge in [0.05, 0.1) is 17.8 Å². The van der Waals surface area contributed by atoms with Crippen molar-refractivity contribution in [3.63, 3.8) is 0 Å². The molecule has 4 rings (SSSR count). The van der Waals surface area contributed by atoms with E-state index in [0.717, 1.165) is 10.8 Å². The van der Waals surface area contributed by atoms with Gasteiger partial charge >= 0.3 is 0 Å². The Kier molecular flexibility index (Phi) is 5.41. The molecule has 156 valence electrons. The Balaban J connectivity index is 1.88. The molecule has 0 aliphatic carbocycles. The van der Waals surface area contributed by atoms with Gasteiger partial charge in [-0.1, -0.05) is 18.2 Å². The molecule has 1 aromatic carbocycles. The van der Waals surface area contributed by atoms with E-state index in [4.69, 9.17) is 12.2 Å². The molecule has 0 spiro atoms. The van der Waals surface area contributed by atoms with E-state index in [0.29, 0.717) is 0 Å². The van der Waals surface area contributed by atoms with Crippen LogP contribution < -0.4 is 5.32 Å². The Morgan fingerprint density at radius 3 is 2.47 bits per heavy atom. The van der Waals surface area contributed by atoms with Crippen LogP contribution in [0.25, 0.3) is 5.69 Å². The molecule has 0 unspecified atom stereocenters. The average molecular weight is 419 g/mol. The fraction of sp³-hybridized carbons (Fsp3) is 0.360. The summed E-state index contributed by atoms with van der Waals surface area (Å²) in [5, 5.41) is 4.35. The molecule has 5 heteroatoms. The molecule has 1 aliphatic heterocycles. The van der Waals surface area contributed by atoms with Gasteiger partial charge in [-0.3, -0.25) is 4.98 Å². The van der Waals surface area contributed by atoms with E-state index in [1.165, 1.54) is 33.8 Å². The van der Waals surface area contributed by atoms with Crippen molar-refractivity contribution in [3.05, 3.63) is 82.4 Å². The first-order valence-corrected chi connectivity index (χ1v) is 11.0. The molecule has 3 heterocycles. The third kappa shape index (κ3) is 3.41. The Hall–Kier alpha value is -2.66. The summed E-state index contributed by atoms with van der Waals surface area (Å²) in [5.41, 5.74) is 8.59. The largest absolute Gasteiger partial charge is 0.352 e. The van der Waals surface area contributed by atoms with Crippen molar-refractivity contribution in [1.82, 2.24) is 19.8 Å². The van der Waals surface area contributed by atoms with E-state index in [9.17, 15) is 0 Å². The molecule has 0 radical (unpaired) electrons. The van der Waals surface area contributed by atoms with E-state index in [1.807, 2.05) is 18.3 Å². The molecule has 0 saturated carbocycles. The maximum Gasteiger partial charge on any atom is 0.170 e. The lowest BCUT2D eigenvalue weighted by Crippen LogP contribution is -2.35. The van der Waals surface area contributed by atoms with Crippen molar-refractivity contribution < 1.29 is 0 Å². The number of nitrogens with one attached hydrogen (secondary N) is 1. The van der Waals surface area contributed by atoms with Gasteiger partial charge in [0.2, 0.25) is 0 Å². The molecule has 2 aromatic heterocycles. The molecule has 1 aliphatic rings. The van der Waals surface area contributed by atoms with Crippen molar-refractivity contribution in [1.29, 1.82) is 0 Å². The number of rotatable bonds is 4. The molecular formula is C25H30N4S. The topological polar surface area (TPSA) is 33.1 Å². The number of benzene rings is 1. The fourth-order valence-corrected chi connectivity index (χ4v) is 5.12. The van der Waals surface area contributed by atoms with Crippen LogP contribution in [0.5, 0.6) is 0 Å². The Bertz CT molecular complexity index is 1080. The normalized spacial score (nSPS) is 18.9. The number of hydrogen-bond acceptors (Lipinski definition) is 2. The minimum Gasteiger partial charge on any atom is -0.352 e. The molecule has 1 N–H and O–H groups in total. The van der Waals surface area contributed by atoms with E-state index in [-0.39, 0.29) is 18.1 Å². The standard InChI is InChI=1S/C25H30N4S/c1-15(2)28-24(23(27-25(28)30)21-9-7-8-12-26-21)20-14-18(5)29(19(20)6)22-13-16(3)10-11-17(22)4/h7-15,23-24H,1-6H3,(H,27,30)/t23-,24+/m1/s1. The molecule has 1 fully saturated rings. The number of nitrogens with zero attached hydrogens (tertiary/aromatic N) is 3. The second-order valence-corrected chi connectivity index (χ2v) is 8.97. The highest BCUT2D eigenvalue weighted by molar-refractivity contribution is 7.80. The zero-order chi connectivity index (χ0) is 21.6. The molecular weight excluding hydrogens is 388 g/mol. The van der Waals surface area contributed by atoms with Crippen LogP contribution >= 0.6 is 12.2 Å². The third-order valence-corrected chi connectivity index (χ3v) is 6.41. The van der Waals surface area contributed by atoms with E-state index < -0.39 is 0 Å². The highest BCUT2D eigenvalue weighted by Gasteiger charge is 2.42. The maximum atomic E-state index is 5.77. The van der Waals surface area contributed by atoms with Crippen LogP contribution in [0.1, 0.15) is 59.7 Å². The summed E-state index contributed by atoms with van der Waals surface area (Å²) in [6, 6.07) is 15.5. The van der Waals surface area contributed by atoms with Crippen molar-refractivity contribution in [2.24, 2.45) is 0 Å². The van der Waals surface area contributed by atoms with Crippen LogP contribution in [0.4, 0.5) is 0 Å². The van der Waals surface area contributed by atoms with Crippen LogP contribution in [0.15, 0.2) is 48.7 Å². The molecule has 2 atom stereocenters. The quantitative estimate of drug-likeness (QED) is 0.568. The van der Waals surface area contributed by atoms with Crippen LogP contribution in [-0.2, 0) is 0 Å². The van der Waals surface area contributed by atoms with Crippen molar-refractivity contribution >= 4 is 17.3 Å². The summed E-state index contributed by atoms with van der Waals surface area (Å²) >= 11 is 5.77. The number of thiocarbonyl (C=S) groups is 1. The Morgan fingerprint density at radius 2 is 1.80 bits per heavy atom. The number of aromatic nitrogens is 2. The van der Waals surface area contributed by atoms with Crippen molar-refractivity contribution in [2.75, 3.05) is 0 Å². The van der Waals surface area contributed by atoms with E-state index in [2.05, 4.69) is 91.6 Å². The Morgan fingerprint density at radius 1 is 1.03 bits per heavy atom. The SMILES string of the molecule is Cc1ccc(C)c(-n2c(C)cc([C@H]3[C@@H](c4ccccn4)NC(=S)N3C(C)C)c2C)c1. The first kappa shape index (κ1) is 20.6. The van der Waals surface area contributed by atoms with Gasteiger partial charge < -0.3 is 14.8 Å². The summed E-state index contributed by atoms with van der Waals surface area (Å²) < 4.78 is 2.38. The average Bonchev–Trinajstić information content (AvgIpc) is 3.20. The first-order chi connectivity index (χ1) is 14.3. The summed E-state index contributed by atoms with van der Waals surface area (Å²) in [4.78, 5) is 6.98. The van der Waals surface area contributed by atoms with Crippen LogP contribution in [0.3, 0.4) is 0 Å². The molecule has 4 nitrogen and oxygen atoms in total. The first-order valence-electron chi connectivity index (χ1n) is 10.6. The van der Waals surface area contributed by atoms with Gasteiger partial charge in [-0.2, -0.15) is 0 Å². The van der Waals surface area contributed by atoms with Gasteiger partial charge in [-0.05, 0) is 94.7 Å². The van der Waals surface area contributed by atoms with Gasteiger partial charge in [0.25, 0.3) is 0 Å². The lowest BCUT2D eigenvalue weighted by molar-refractivity contribution is 0.269. The van der Waals surface area contributed by atoms with Crippen molar-refractivity contribution in [2.45, 2.75) is 59.7 Å². The van der Waals surface area contributed by atoms with Gasteiger partial charge in [0, 0.05) is 29.3 Å². The predicted molar refractivity (Wildman–Crippen MR) is 127 cm³/mol. The zero-order valence-electron chi connectivity index (χ0n) is 18.6. The van der Waals surface area contributed by atoms with Gasteiger partial charge in [-0.15, -0.1) is 0 Å². The lowest BCUT2D eigenvalue weighted by Gasteiger charge is -2.31. The van der Waals surface area contributed by atoms with Gasteiger partial charge in [0.15, 0.2) is 5.11 Å². The number of hydrogen-bond donors (Lipinski definition) is 1. The van der Waals surface area contributed by atoms with Gasteiger partial charge in [-0.25, -0.2) is 0 Å². The summed E-state index contributed by atoms with van der Waals surface area (Å²) in [6.45, 7) is 13.1. The second kappa shape index (κ2) is 7.88. The molecule has 0 bridgehead atoms. The van der Waals surface area contributed by atoms with E-state index in [1.54, 1.807) is 0 Å². The summed E-state index contributed by atoms with van der Waals surface area (Å²) in [5.74, 6) is 0.